The predicted octanol–water partition coefficient (Wildman–Crippen LogP) is 25.1. The zero-order valence-corrected chi connectivity index (χ0v) is 52.9. The lowest BCUT2D eigenvalue weighted by Gasteiger charge is -2.28. The first kappa shape index (κ1) is 60.3. The normalized spacial score (nSPS) is 17.4. The lowest BCUT2D eigenvalue weighted by atomic mass is 9.76. The molecule has 0 spiro atoms. The second-order valence-corrected chi connectivity index (χ2v) is 26.4. The van der Waals surface area contributed by atoms with Gasteiger partial charge in [0.15, 0.2) is 0 Å². The van der Waals surface area contributed by atoms with Crippen molar-refractivity contribution in [3.8, 4) is 33.4 Å². The Balaban J connectivity index is 0.000000124. The van der Waals surface area contributed by atoms with Gasteiger partial charge in [-0.25, -0.2) is 0 Å². The molecule has 6 atom stereocenters. The van der Waals surface area contributed by atoms with Crippen molar-refractivity contribution < 1.29 is 0 Å². The molecule has 0 fully saturated rings. The van der Waals surface area contributed by atoms with E-state index in [0.717, 1.165) is 19.3 Å². The van der Waals surface area contributed by atoms with Gasteiger partial charge in [0, 0.05) is 35.5 Å². The second-order valence-electron chi connectivity index (χ2n) is 26.4. The summed E-state index contributed by atoms with van der Waals surface area (Å²) in [6.07, 6.45) is 39.1. The minimum absolute atomic E-state index is 0.489. The maximum atomic E-state index is 3.99. The number of fused-ring (bicyclic) bond motifs is 12. The standard InChI is InChI=1S/C32H34.C30H30.C28H26/c1-2-3-4-5-6-7-15-25(27-22-21-24-14-8-9-16-26(24)27)23-32-30-19-12-10-17-28(30)29-18-11-13-20-31(29)32;1-2-3-4-5-13-23(25-20-19-22-12-6-7-14-24(22)25)21-30-28-17-10-8-15-26(28)27-16-9-11-18-29(27)30;1-2-3-10-21(23-18-17-20-11-4-5-12-22(20)23)19-28-26-15-8-6-13-24(26)25-14-7-9-16-27(25)28/h2,8-14,16-22,25,27,32H,1,3-7,15,23H2;2,6-12,14-20,23,25,30H,1,3-5,13,21H2;2,4-9,11-18,21,23,28H,1,3,10,19H2. The van der Waals surface area contributed by atoms with Crippen molar-refractivity contribution >= 4 is 18.2 Å². The van der Waals surface area contributed by atoms with E-state index in [-0.39, 0.29) is 0 Å². The van der Waals surface area contributed by atoms with Crippen molar-refractivity contribution in [3.63, 3.8) is 0 Å². The Bertz CT molecular complexity index is 3910. The molecule has 0 bridgehead atoms. The highest BCUT2D eigenvalue weighted by Crippen LogP contribution is 2.54. The van der Waals surface area contributed by atoms with Crippen LogP contribution in [0.4, 0.5) is 0 Å². The van der Waals surface area contributed by atoms with Crippen molar-refractivity contribution in [2.75, 3.05) is 0 Å². The van der Waals surface area contributed by atoms with Gasteiger partial charge in [0.05, 0.1) is 0 Å². The molecular formula is C90H90. The molecule has 0 N–H and O–H groups in total. The van der Waals surface area contributed by atoms with Crippen LogP contribution in [0.3, 0.4) is 0 Å². The highest BCUT2D eigenvalue weighted by molar-refractivity contribution is 5.81. The maximum absolute atomic E-state index is 3.99. The largest absolute Gasteiger partial charge is 0.103 e. The molecule has 9 aromatic rings. The summed E-state index contributed by atoms with van der Waals surface area (Å²) in [5.41, 5.74) is 26.5. The number of hydrogen-bond acceptors (Lipinski definition) is 0. The van der Waals surface area contributed by atoms with Gasteiger partial charge in [0.2, 0.25) is 0 Å². The fraction of sp³-hybridized carbons (Fsp3) is 0.267. The van der Waals surface area contributed by atoms with Crippen LogP contribution in [0.15, 0.2) is 275 Å². The summed E-state index contributed by atoms with van der Waals surface area (Å²) in [6, 6.07) is 81.1. The summed E-state index contributed by atoms with van der Waals surface area (Å²) in [5.74, 6) is 5.01. The van der Waals surface area contributed by atoms with Gasteiger partial charge in [0.1, 0.15) is 0 Å². The third-order valence-corrected chi connectivity index (χ3v) is 21.2. The lowest BCUT2D eigenvalue weighted by Crippen LogP contribution is -2.14. The first-order valence-corrected chi connectivity index (χ1v) is 34.3. The zero-order valence-electron chi connectivity index (χ0n) is 52.9. The van der Waals surface area contributed by atoms with Crippen LogP contribution in [0.1, 0.15) is 199 Å². The van der Waals surface area contributed by atoms with Crippen LogP contribution in [0.2, 0.25) is 0 Å². The summed E-state index contributed by atoms with van der Waals surface area (Å²) in [4.78, 5) is 0. The quantitative estimate of drug-likeness (QED) is 0.0418. The monoisotopic (exact) mass is 1170 g/mol. The smallest absolute Gasteiger partial charge is 0.0105 e. The molecule has 0 radical (unpaired) electrons. The molecule has 0 aliphatic heterocycles. The summed E-state index contributed by atoms with van der Waals surface area (Å²) >= 11 is 0. The molecule has 450 valence electrons. The lowest BCUT2D eigenvalue weighted by molar-refractivity contribution is 0.379. The Kier molecular flexibility index (Phi) is 19.4. The van der Waals surface area contributed by atoms with E-state index >= 15 is 0 Å². The average molecular weight is 1170 g/mol. The van der Waals surface area contributed by atoms with Gasteiger partial charge in [-0.2, -0.15) is 0 Å². The van der Waals surface area contributed by atoms with E-state index in [1.807, 2.05) is 0 Å². The molecule has 0 heterocycles. The molecule has 0 heteroatoms. The van der Waals surface area contributed by atoms with Gasteiger partial charge < -0.3 is 0 Å². The molecule has 6 aliphatic rings. The molecule has 90 heavy (non-hydrogen) atoms. The summed E-state index contributed by atoms with van der Waals surface area (Å²) in [5, 5.41) is 0. The third kappa shape index (κ3) is 12.8. The molecule has 15 rings (SSSR count). The Labute approximate surface area is 539 Å². The summed E-state index contributed by atoms with van der Waals surface area (Å²) in [7, 11) is 0. The van der Waals surface area contributed by atoms with E-state index in [9.17, 15) is 0 Å². The van der Waals surface area contributed by atoms with Crippen LogP contribution in [0.5, 0.6) is 0 Å². The van der Waals surface area contributed by atoms with Gasteiger partial charge in [-0.05, 0) is 189 Å². The fourth-order valence-electron chi connectivity index (χ4n) is 16.9. The van der Waals surface area contributed by atoms with Gasteiger partial charge >= 0.3 is 0 Å². The Hall–Kier alpha value is -8.58. The van der Waals surface area contributed by atoms with E-state index in [4.69, 9.17) is 0 Å². The molecule has 0 aromatic heterocycles. The minimum atomic E-state index is 0.489. The van der Waals surface area contributed by atoms with Gasteiger partial charge in [-0.3, -0.25) is 0 Å². The van der Waals surface area contributed by atoms with Crippen molar-refractivity contribution in [1.82, 2.24) is 0 Å². The number of unbranched alkanes of at least 4 members (excludes halogenated alkanes) is 6. The number of hydrogen-bond donors (Lipinski definition) is 0. The van der Waals surface area contributed by atoms with Crippen molar-refractivity contribution in [1.29, 1.82) is 0 Å². The highest BCUT2D eigenvalue weighted by atomic mass is 14.4. The first-order chi connectivity index (χ1) is 44.6. The van der Waals surface area contributed by atoms with E-state index in [0.29, 0.717) is 53.3 Å². The van der Waals surface area contributed by atoms with Crippen LogP contribution in [0, 0.1) is 17.8 Å². The number of allylic oxidation sites excluding steroid dienone is 6. The van der Waals surface area contributed by atoms with Gasteiger partial charge in [-0.15, -0.1) is 19.7 Å². The van der Waals surface area contributed by atoms with Gasteiger partial charge in [-0.1, -0.05) is 299 Å². The molecule has 0 saturated carbocycles. The number of rotatable bonds is 24. The van der Waals surface area contributed by atoms with E-state index in [1.165, 1.54) is 177 Å². The van der Waals surface area contributed by atoms with E-state index in [2.05, 4.69) is 293 Å². The zero-order chi connectivity index (χ0) is 61.0. The van der Waals surface area contributed by atoms with Crippen LogP contribution >= 0.6 is 0 Å². The van der Waals surface area contributed by atoms with Crippen LogP contribution in [0.25, 0.3) is 51.6 Å². The number of benzene rings is 9. The molecular weight excluding hydrogens is 1080 g/mol. The molecule has 0 amide bonds. The van der Waals surface area contributed by atoms with Crippen LogP contribution < -0.4 is 0 Å². The van der Waals surface area contributed by atoms with Crippen LogP contribution in [-0.2, 0) is 0 Å². The highest BCUT2D eigenvalue weighted by Gasteiger charge is 2.37. The molecule has 0 saturated heterocycles. The van der Waals surface area contributed by atoms with E-state index in [1.54, 1.807) is 0 Å². The van der Waals surface area contributed by atoms with E-state index < -0.39 is 0 Å². The third-order valence-electron chi connectivity index (χ3n) is 21.2. The minimum Gasteiger partial charge on any atom is -0.103 e. The summed E-state index contributed by atoms with van der Waals surface area (Å²) < 4.78 is 0. The molecule has 6 unspecified atom stereocenters. The average Bonchev–Trinajstić information content (AvgIpc) is 1.73. The van der Waals surface area contributed by atoms with Gasteiger partial charge in [0.25, 0.3) is 0 Å². The molecule has 6 aliphatic carbocycles. The first-order valence-electron chi connectivity index (χ1n) is 34.3. The fourth-order valence-corrected chi connectivity index (χ4v) is 16.9. The van der Waals surface area contributed by atoms with Crippen LogP contribution in [-0.4, -0.2) is 0 Å². The topological polar surface area (TPSA) is 0 Å². The molecule has 9 aromatic carbocycles. The predicted molar refractivity (Wildman–Crippen MR) is 386 cm³/mol. The second kappa shape index (κ2) is 28.9. The maximum Gasteiger partial charge on any atom is 0.0105 e. The SMILES string of the molecule is C=CCCC(CC1c2ccccc2-c2ccccc21)C1C=Cc2ccccc21.C=CCCCCC(CC1c2ccccc2-c2ccccc21)C1C=Cc2ccccc21.C=CCCCCCCC(CC1c2ccccc2-c2ccccc21)C1C=Cc2ccccc21. The van der Waals surface area contributed by atoms with Crippen molar-refractivity contribution in [3.05, 3.63) is 341 Å². The van der Waals surface area contributed by atoms with Crippen molar-refractivity contribution in [2.24, 2.45) is 17.8 Å². The molecule has 0 nitrogen and oxygen atoms in total. The summed E-state index contributed by atoms with van der Waals surface area (Å²) in [6.45, 7) is 11.8. The Morgan fingerprint density at radius 3 is 0.811 bits per heavy atom. The Morgan fingerprint density at radius 2 is 0.500 bits per heavy atom. The Morgan fingerprint density at radius 1 is 0.256 bits per heavy atom. The van der Waals surface area contributed by atoms with Crippen molar-refractivity contribution in [2.45, 2.75) is 132 Å².